The van der Waals surface area contributed by atoms with E-state index in [9.17, 15) is 5.11 Å². The largest absolute Gasteiger partial charge is 0.393 e. The second-order valence-electron chi connectivity index (χ2n) is 5.21. The summed E-state index contributed by atoms with van der Waals surface area (Å²) in [6, 6.07) is 0. The van der Waals surface area contributed by atoms with Gasteiger partial charge in [-0.1, -0.05) is 12.1 Å². The van der Waals surface area contributed by atoms with Gasteiger partial charge >= 0.3 is 0 Å². The van der Waals surface area contributed by atoms with Gasteiger partial charge in [-0.3, -0.25) is 4.90 Å². The molecule has 0 saturated carbocycles. The Labute approximate surface area is 108 Å². The summed E-state index contributed by atoms with van der Waals surface area (Å²) < 4.78 is 5.24. The van der Waals surface area contributed by atoms with Crippen molar-refractivity contribution in [2.75, 3.05) is 13.1 Å². The summed E-state index contributed by atoms with van der Waals surface area (Å²) in [4.78, 5) is 6.70. The third kappa shape index (κ3) is 3.53. The first kappa shape index (κ1) is 13.5. The fourth-order valence-electron chi connectivity index (χ4n) is 2.46. The number of aromatic nitrogens is 2. The Morgan fingerprint density at radius 1 is 1.44 bits per heavy atom. The highest BCUT2D eigenvalue weighted by Crippen LogP contribution is 2.21. The minimum atomic E-state index is -0.188. The number of aliphatic hydroxyl groups is 1. The highest BCUT2D eigenvalue weighted by atomic mass is 16.5. The molecule has 1 aliphatic heterocycles. The molecule has 2 rings (SSSR count). The van der Waals surface area contributed by atoms with Gasteiger partial charge < -0.3 is 9.63 Å². The van der Waals surface area contributed by atoms with Crippen LogP contribution >= 0.6 is 0 Å². The second-order valence-corrected chi connectivity index (χ2v) is 5.21. The van der Waals surface area contributed by atoms with E-state index in [2.05, 4.69) is 22.0 Å². The minimum absolute atomic E-state index is 0.188. The number of piperidine rings is 1. The maximum Gasteiger partial charge on any atom is 0.240 e. The molecule has 1 aromatic rings. The molecule has 0 aromatic carbocycles. The van der Waals surface area contributed by atoms with E-state index in [1.807, 2.05) is 6.92 Å². The quantitative estimate of drug-likeness (QED) is 0.864. The molecule has 102 valence electrons. The van der Waals surface area contributed by atoms with E-state index < -0.39 is 0 Å². The molecule has 2 heterocycles. The van der Waals surface area contributed by atoms with Crippen LogP contribution in [0.5, 0.6) is 0 Å². The van der Waals surface area contributed by atoms with Gasteiger partial charge in [0.05, 0.1) is 12.6 Å². The fraction of sp³-hybridized carbons (Fsp3) is 0.846. The van der Waals surface area contributed by atoms with Crippen molar-refractivity contribution in [3.05, 3.63) is 11.7 Å². The van der Waals surface area contributed by atoms with Crippen molar-refractivity contribution in [3.8, 4) is 0 Å². The van der Waals surface area contributed by atoms with E-state index in [0.29, 0.717) is 11.8 Å². The molecule has 0 amide bonds. The molecule has 0 aliphatic carbocycles. The predicted molar refractivity (Wildman–Crippen MR) is 68.0 cm³/mol. The molecule has 0 bridgehead atoms. The molecule has 1 aliphatic rings. The molecular weight excluding hydrogens is 230 g/mol. The van der Waals surface area contributed by atoms with E-state index in [0.717, 1.165) is 51.1 Å². The van der Waals surface area contributed by atoms with Gasteiger partial charge in [-0.25, -0.2) is 0 Å². The molecule has 18 heavy (non-hydrogen) atoms. The highest BCUT2D eigenvalue weighted by Gasteiger charge is 2.23. The zero-order chi connectivity index (χ0) is 13.0. The van der Waals surface area contributed by atoms with Gasteiger partial charge in [0, 0.05) is 6.42 Å². The second kappa shape index (κ2) is 6.29. The first-order chi connectivity index (χ1) is 8.69. The monoisotopic (exact) mass is 253 g/mol. The van der Waals surface area contributed by atoms with Crippen LogP contribution in [0.15, 0.2) is 4.52 Å². The van der Waals surface area contributed by atoms with Crippen molar-refractivity contribution < 1.29 is 9.63 Å². The van der Waals surface area contributed by atoms with E-state index in [1.54, 1.807) is 0 Å². The maximum atomic E-state index is 9.56. The SMILES string of the molecule is CCCc1noc(CN2CCC(C(C)O)CC2)n1. The molecule has 1 aromatic heterocycles. The summed E-state index contributed by atoms with van der Waals surface area (Å²) in [7, 11) is 0. The summed E-state index contributed by atoms with van der Waals surface area (Å²) in [6.07, 6.45) is 3.83. The zero-order valence-electron chi connectivity index (χ0n) is 11.3. The van der Waals surface area contributed by atoms with E-state index in [4.69, 9.17) is 4.52 Å². The van der Waals surface area contributed by atoms with E-state index in [1.165, 1.54) is 0 Å². The third-order valence-electron chi connectivity index (χ3n) is 3.66. The van der Waals surface area contributed by atoms with Crippen LogP contribution in [0.2, 0.25) is 0 Å². The Morgan fingerprint density at radius 2 is 2.17 bits per heavy atom. The van der Waals surface area contributed by atoms with Crippen molar-refractivity contribution in [2.24, 2.45) is 5.92 Å². The van der Waals surface area contributed by atoms with Gasteiger partial charge in [-0.15, -0.1) is 0 Å². The molecule has 1 N–H and O–H groups in total. The molecule has 5 heteroatoms. The third-order valence-corrected chi connectivity index (χ3v) is 3.66. The Morgan fingerprint density at radius 3 is 2.78 bits per heavy atom. The summed E-state index contributed by atoms with van der Waals surface area (Å²) in [6.45, 7) is 6.73. The average Bonchev–Trinajstić information content (AvgIpc) is 2.78. The number of hydrogen-bond acceptors (Lipinski definition) is 5. The number of rotatable bonds is 5. The van der Waals surface area contributed by atoms with Gasteiger partial charge in [0.1, 0.15) is 0 Å². The minimum Gasteiger partial charge on any atom is -0.393 e. The molecule has 1 unspecified atom stereocenters. The van der Waals surface area contributed by atoms with Crippen molar-refractivity contribution in [3.63, 3.8) is 0 Å². The van der Waals surface area contributed by atoms with E-state index in [-0.39, 0.29) is 6.10 Å². The van der Waals surface area contributed by atoms with Crippen LogP contribution in [0, 0.1) is 5.92 Å². The van der Waals surface area contributed by atoms with Gasteiger partial charge in [-0.05, 0) is 45.2 Å². The van der Waals surface area contributed by atoms with Crippen LogP contribution in [-0.4, -0.2) is 39.3 Å². The van der Waals surface area contributed by atoms with Crippen LogP contribution in [0.4, 0.5) is 0 Å². The van der Waals surface area contributed by atoms with Crippen molar-refractivity contribution in [1.29, 1.82) is 0 Å². The van der Waals surface area contributed by atoms with E-state index >= 15 is 0 Å². The van der Waals surface area contributed by atoms with Crippen molar-refractivity contribution >= 4 is 0 Å². The number of hydrogen-bond donors (Lipinski definition) is 1. The summed E-state index contributed by atoms with van der Waals surface area (Å²) in [5.74, 6) is 1.97. The fourth-order valence-corrected chi connectivity index (χ4v) is 2.46. The molecule has 1 saturated heterocycles. The highest BCUT2D eigenvalue weighted by molar-refractivity contribution is 4.87. The van der Waals surface area contributed by atoms with Gasteiger partial charge in [0.2, 0.25) is 5.89 Å². The lowest BCUT2D eigenvalue weighted by molar-refractivity contribution is 0.0660. The number of likely N-dealkylation sites (tertiary alicyclic amines) is 1. The molecule has 5 nitrogen and oxygen atoms in total. The molecule has 0 spiro atoms. The first-order valence-corrected chi connectivity index (χ1v) is 6.91. The van der Waals surface area contributed by atoms with Gasteiger partial charge in [0.15, 0.2) is 5.82 Å². The predicted octanol–water partition coefficient (Wildman–Crippen LogP) is 1.61. The number of nitrogens with zero attached hydrogens (tertiary/aromatic N) is 3. The smallest absolute Gasteiger partial charge is 0.240 e. The Bertz CT molecular complexity index is 357. The summed E-state index contributed by atoms with van der Waals surface area (Å²) in [5, 5.41) is 13.5. The van der Waals surface area contributed by atoms with Gasteiger partial charge in [-0.2, -0.15) is 4.98 Å². The number of aliphatic hydroxyl groups excluding tert-OH is 1. The Kier molecular flexibility index (Phi) is 4.72. The molecule has 1 fully saturated rings. The van der Waals surface area contributed by atoms with Crippen LogP contribution in [0.1, 0.15) is 44.8 Å². The topological polar surface area (TPSA) is 62.4 Å². The Balaban J connectivity index is 1.80. The summed E-state index contributed by atoms with van der Waals surface area (Å²) in [5.41, 5.74) is 0. The molecule has 0 radical (unpaired) electrons. The van der Waals surface area contributed by atoms with Crippen LogP contribution < -0.4 is 0 Å². The molecular formula is C13H23N3O2. The van der Waals surface area contributed by atoms with Crippen LogP contribution in [0.3, 0.4) is 0 Å². The normalized spacial score (nSPS) is 20.2. The molecule has 1 atom stereocenters. The van der Waals surface area contributed by atoms with Crippen LogP contribution in [0.25, 0.3) is 0 Å². The number of aryl methyl sites for hydroxylation is 1. The van der Waals surface area contributed by atoms with Crippen molar-refractivity contribution in [2.45, 2.75) is 52.2 Å². The van der Waals surface area contributed by atoms with Crippen LogP contribution in [-0.2, 0) is 13.0 Å². The first-order valence-electron chi connectivity index (χ1n) is 6.91. The standard InChI is InChI=1S/C13H23N3O2/c1-3-4-12-14-13(18-15-12)9-16-7-5-11(6-8-16)10(2)17/h10-11,17H,3-9H2,1-2H3. The lowest BCUT2D eigenvalue weighted by Crippen LogP contribution is -2.36. The lowest BCUT2D eigenvalue weighted by atomic mass is 9.92. The summed E-state index contributed by atoms with van der Waals surface area (Å²) >= 11 is 0. The maximum absolute atomic E-state index is 9.56. The Hall–Kier alpha value is -0.940. The van der Waals surface area contributed by atoms with Crippen molar-refractivity contribution in [1.82, 2.24) is 15.0 Å². The average molecular weight is 253 g/mol. The van der Waals surface area contributed by atoms with Gasteiger partial charge in [0.25, 0.3) is 0 Å². The zero-order valence-corrected chi connectivity index (χ0v) is 11.3. The lowest BCUT2D eigenvalue weighted by Gasteiger charge is -2.32.